The Bertz CT molecular complexity index is 326. The third-order valence-corrected chi connectivity index (χ3v) is 1.60. The third-order valence-electron chi connectivity index (χ3n) is 1.42. The maximum atomic E-state index is 11.2. The fourth-order valence-corrected chi connectivity index (χ4v) is 0.909. The molecule has 1 heterocycles. The van der Waals surface area contributed by atoms with Gasteiger partial charge >= 0.3 is 5.69 Å². The molecule has 0 fully saturated rings. The highest BCUT2D eigenvalue weighted by atomic mass is 35.5. The van der Waals surface area contributed by atoms with Gasteiger partial charge in [0.25, 0.3) is 0 Å². The Morgan fingerprint density at radius 1 is 1.67 bits per heavy atom. The summed E-state index contributed by atoms with van der Waals surface area (Å²) in [5.74, 6) is 0.460. The summed E-state index contributed by atoms with van der Waals surface area (Å²) in [5.41, 5.74) is -0.116. The van der Waals surface area contributed by atoms with Gasteiger partial charge in [-0.3, -0.25) is 4.57 Å². The summed E-state index contributed by atoms with van der Waals surface area (Å²) in [4.78, 5) is 11.2. The number of rotatable bonds is 3. The maximum Gasteiger partial charge on any atom is 0.345 e. The molecule has 12 heavy (non-hydrogen) atoms. The van der Waals surface area contributed by atoms with Crippen molar-refractivity contribution in [1.82, 2.24) is 14.3 Å². The lowest BCUT2D eigenvalue weighted by Gasteiger charge is -1.90. The second-order valence-corrected chi connectivity index (χ2v) is 2.64. The number of alkyl halides is 1. The van der Waals surface area contributed by atoms with Crippen molar-refractivity contribution in [2.24, 2.45) is 7.05 Å². The minimum Gasteiger partial charge on any atom is -0.285 e. The quantitative estimate of drug-likeness (QED) is 0.507. The molecule has 0 aliphatic carbocycles. The number of allylic oxidation sites excluding steroid dienone is 2. The van der Waals surface area contributed by atoms with Crippen LogP contribution in [0, 0.1) is 0 Å². The van der Waals surface area contributed by atoms with Crippen molar-refractivity contribution >= 4 is 11.6 Å². The zero-order chi connectivity index (χ0) is 8.97. The Kier molecular flexibility index (Phi) is 3.10. The molecule has 0 saturated heterocycles. The Morgan fingerprint density at radius 2 is 2.42 bits per heavy atom. The molecule has 1 aromatic rings. The monoisotopic (exact) mass is 187 g/mol. The second-order valence-electron chi connectivity index (χ2n) is 2.33. The van der Waals surface area contributed by atoms with E-state index in [1.807, 2.05) is 0 Å². The van der Waals surface area contributed by atoms with Gasteiger partial charge < -0.3 is 0 Å². The average molecular weight is 188 g/mol. The van der Waals surface area contributed by atoms with Crippen LogP contribution in [0.5, 0.6) is 0 Å². The number of nitrogens with zero attached hydrogens (tertiary/aromatic N) is 3. The van der Waals surface area contributed by atoms with Gasteiger partial charge in [0.2, 0.25) is 0 Å². The molecule has 0 spiro atoms. The zero-order valence-corrected chi connectivity index (χ0v) is 7.53. The van der Waals surface area contributed by atoms with Gasteiger partial charge in [-0.05, 0) is 0 Å². The van der Waals surface area contributed by atoms with E-state index in [1.165, 1.54) is 15.6 Å². The second kappa shape index (κ2) is 4.11. The topological polar surface area (TPSA) is 39.8 Å². The smallest absolute Gasteiger partial charge is 0.285 e. The van der Waals surface area contributed by atoms with E-state index in [-0.39, 0.29) is 5.69 Å². The van der Waals surface area contributed by atoms with E-state index < -0.39 is 0 Å². The first-order valence-corrected chi connectivity index (χ1v) is 4.08. The summed E-state index contributed by atoms with van der Waals surface area (Å²) in [6, 6.07) is 0. The fraction of sp³-hybridized carbons (Fsp3) is 0.429. The molecule has 0 bridgehead atoms. The first kappa shape index (κ1) is 9.06. The van der Waals surface area contributed by atoms with Gasteiger partial charge in [-0.25, -0.2) is 9.48 Å². The van der Waals surface area contributed by atoms with Crippen LogP contribution >= 0.6 is 11.6 Å². The minimum absolute atomic E-state index is 0.116. The molecule has 0 aromatic carbocycles. The largest absolute Gasteiger partial charge is 0.345 e. The normalized spacial score (nSPS) is 11.2. The van der Waals surface area contributed by atoms with Crippen molar-refractivity contribution in [3.63, 3.8) is 0 Å². The molecule has 0 amide bonds. The first-order valence-electron chi connectivity index (χ1n) is 3.55. The molecular formula is C7H10ClN3O. The maximum absolute atomic E-state index is 11.2. The van der Waals surface area contributed by atoms with Gasteiger partial charge in [-0.1, -0.05) is 12.2 Å². The van der Waals surface area contributed by atoms with E-state index in [2.05, 4.69) is 5.10 Å². The molecule has 0 atom stereocenters. The highest BCUT2D eigenvalue weighted by Crippen LogP contribution is 1.81. The minimum atomic E-state index is -0.116. The van der Waals surface area contributed by atoms with E-state index in [1.54, 1.807) is 19.2 Å². The average Bonchev–Trinajstić information content (AvgIpc) is 2.36. The highest BCUT2D eigenvalue weighted by Gasteiger charge is 1.96. The number of hydrogen-bond donors (Lipinski definition) is 0. The molecular weight excluding hydrogens is 178 g/mol. The molecule has 66 valence electrons. The van der Waals surface area contributed by atoms with E-state index >= 15 is 0 Å². The molecule has 0 saturated carbocycles. The fourth-order valence-electron chi connectivity index (χ4n) is 0.783. The molecule has 0 radical (unpaired) electrons. The number of aryl methyl sites for hydroxylation is 1. The predicted octanol–water partition coefficient (Wildman–Crippen LogP) is 0.377. The van der Waals surface area contributed by atoms with Crippen LogP contribution in [0.15, 0.2) is 23.3 Å². The summed E-state index contributed by atoms with van der Waals surface area (Å²) in [7, 11) is 1.66. The highest BCUT2D eigenvalue weighted by molar-refractivity contribution is 6.18. The van der Waals surface area contributed by atoms with Crippen LogP contribution in [0.2, 0.25) is 0 Å². The molecule has 4 nitrogen and oxygen atoms in total. The van der Waals surface area contributed by atoms with E-state index in [4.69, 9.17) is 11.6 Å². The summed E-state index contributed by atoms with van der Waals surface area (Å²) >= 11 is 5.41. The van der Waals surface area contributed by atoms with Crippen molar-refractivity contribution in [3.05, 3.63) is 29.0 Å². The Labute approximate surface area is 75.1 Å². The van der Waals surface area contributed by atoms with Crippen molar-refractivity contribution in [2.75, 3.05) is 5.88 Å². The molecule has 5 heteroatoms. The number of aromatic nitrogens is 3. The van der Waals surface area contributed by atoms with Crippen LogP contribution in [0.1, 0.15) is 0 Å². The summed E-state index contributed by atoms with van der Waals surface area (Å²) < 4.78 is 2.79. The van der Waals surface area contributed by atoms with Gasteiger partial charge in [-0.2, -0.15) is 5.10 Å². The number of halogens is 1. The Morgan fingerprint density at radius 3 is 2.92 bits per heavy atom. The van der Waals surface area contributed by atoms with Gasteiger partial charge in [0.15, 0.2) is 0 Å². The van der Waals surface area contributed by atoms with Gasteiger partial charge in [0.1, 0.15) is 6.33 Å². The lowest BCUT2D eigenvalue weighted by molar-refractivity contribution is 0.659. The van der Waals surface area contributed by atoms with Crippen LogP contribution in [-0.2, 0) is 13.6 Å². The van der Waals surface area contributed by atoms with Crippen molar-refractivity contribution < 1.29 is 0 Å². The standard InChI is InChI=1S/C7H10ClN3O/c1-10-6-9-11(7(10)12)5-3-2-4-8/h2-3,6H,4-5H2,1H3/b3-2+. The molecule has 0 N–H and O–H groups in total. The molecule has 0 aliphatic rings. The summed E-state index contributed by atoms with van der Waals surface area (Å²) in [5, 5.41) is 3.86. The van der Waals surface area contributed by atoms with E-state index in [9.17, 15) is 4.79 Å². The number of hydrogen-bond acceptors (Lipinski definition) is 2. The predicted molar refractivity (Wildman–Crippen MR) is 47.3 cm³/mol. The van der Waals surface area contributed by atoms with E-state index in [0.717, 1.165) is 0 Å². The van der Waals surface area contributed by atoms with Gasteiger partial charge in [0, 0.05) is 12.9 Å². The van der Waals surface area contributed by atoms with Crippen LogP contribution in [0.25, 0.3) is 0 Å². The molecule has 0 aliphatic heterocycles. The van der Waals surface area contributed by atoms with Crippen LogP contribution in [-0.4, -0.2) is 20.2 Å². The summed E-state index contributed by atoms with van der Waals surface area (Å²) in [6.45, 7) is 0.479. The lowest BCUT2D eigenvalue weighted by Crippen LogP contribution is -2.22. The molecule has 1 aromatic heterocycles. The van der Waals surface area contributed by atoms with Crippen LogP contribution in [0.4, 0.5) is 0 Å². The van der Waals surface area contributed by atoms with Crippen molar-refractivity contribution in [1.29, 1.82) is 0 Å². The van der Waals surface area contributed by atoms with E-state index in [0.29, 0.717) is 12.4 Å². The lowest BCUT2D eigenvalue weighted by atomic mass is 10.5. The Hall–Kier alpha value is -1.03. The molecule has 0 unspecified atom stereocenters. The third kappa shape index (κ3) is 1.98. The van der Waals surface area contributed by atoms with Crippen LogP contribution in [0.3, 0.4) is 0 Å². The summed E-state index contributed by atoms with van der Waals surface area (Å²) in [6.07, 6.45) is 5.07. The van der Waals surface area contributed by atoms with Crippen molar-refractivity contribution in [2.45, 2.75) is 6.54 Å². The van der Waals surface area contributed by atoms with Crippen LogP contribution < -0.4 is 5.69 Å². The van der Waals surface area contributed by atoms with Gasteiger partial charge in [0.05, 0.1) is 6.54 Å². The molecule has 1 rings (SSSR count). The van der Waals surface area contributed by atoms with Gasteiger partial charge in [-0.15, -0.1) is 11.6 Å². The zero-order valence-electron chi connectivity index (χ0n) is 6.77. The van der Waals surface area contributed by atoms with Crippen molar-refractivity contribution in [3.8, 4) is 0 Å². The SMILES string of the molecule is Cn1cnn(C/C=C/CCl)c1=O. The first-order chi connectivity index (χ1) is 5.75. The Balaban J connectivity index is 2.70.